The number of guanidine groups is 1. The van der Waals surface area contributed by atoms with Crippen LogP contribution in [0.25, 0.3) is 0 Å². The molecule has 0 aliphatic carbocycles. The Kier molecular flexibility index (Phi) is 7.75. The molecule has 0 spiro atoms. The van der Waals surface area contributed by atoms with Crippen LogP contribution in [0.15, 0.2) is 41.8 Å². The number of aromatic nitrogens is 3. The summed E-state index contributed by atoms with van der Waals surface area (Å²) in [5.74, 6) is 0.675. The zero-order valence-corrected chi connectivity index (χ0v) is 16.5. The summed E-state index contributed by atoms with van der Waals surface area (Å²) in [6.07, 6.45) is 4.94. The van der Waals surface area contributed by atoms with Gasteiger partial charge in [-0.1, -0.05) is 0 Å². The van der Waals surface area contributed by atoms with Gasteiger partial charge in [0.1, 0.15) is 6.61 Å². The predicted molar refractivity (Wildman–Crippen MR) is 107 cm³/mol. The first-order valence-electron chi connectivity index (χ1n) is 8.04. The summed E-state index contributed by atoms with van der Waals surface area (Å²) in [6, 6.07) is 4.61. The summed E-state index contributed by atoms with van der Waals surface area (Å²) >= 11 is 0. The van der Waals surface area contributed by atoms with Gasteiger partial charge in [0, 0.05) is 44.8 Å². The van der Waals surface area contributed by atoms with Crippen molar-refractivity contribution in [2.45, 2.75) is 0 Å². The Morgan fingerprint density at radius 1 is 1.12 bits per heavy atom. The summed E-state index contributed by atoms with van der Waals surface area (Å²) in [4.78, 5) is 20.7. The minimum atomic E-state index is -0.487. The number of rotatable bonds is 5. The number of nitrogens with zero attached hydrogens (tertiary/aromatic N) is 6. The average Bonchev–Trinajstić information content (AvgIpc) is 2.67. The van der Waals surface area contributed by atoms with E-state index >= 15 is 0 Å². The van der Waals surface area contributed by atoms with Crippen LogP contribution in [-0.2, 0) is 0 Å². The van der Waals surface area contributed by atoms with Gasteiger partial charge >= 0.3 is 0 Å². The zero-order valence-electron chi connectivity index (χ0n) is 14.2. The molecule has 2 aromatic heterocycles. The molecular weight excluding hydrogens is 452 g/mol. The average molecular weight is 473 g/mol. The largest absolute Gasteiger partial charge is 0.474 e. The molecule has 0 aromatic carbocycles. The van der Waals surface area contributed by atoms with Gasteiger partial charge in [-0.05, 0) is 18.2 Å². The van der Waals surface area contributed by atoms with Crippen molar-refractivity contribution in [1.82, 2.24) is 19.9 Å². The van der Waals surface area contributed by atoms with Gasteiger partial charge in [-0.3, -0.25) is 0 Å². The summed E-state index contributed by atoms with van der Waals surface area (Å²) in [5.41, 5.74) is 6.02. The molecule has 10 heteroatoms. The lowest BCUT2D eigenvalue weighted by Crippen LogP contribution is -2.51. The molecule has 0 atom stereocenters. The second-order valence-electron chi connectivity index (χ2n) is 5.40. The SMILES string of the molecule is I.NC(=NCCOc1ncccc1F)N1CCN(c2ncccn2)CC1. The molecule has 0 radical (unpaired) electrons. The smallest absolute Gasteiger partial charge is 0.250 e. The van der Waals surface area contributed by atoms with E-state index in [9.17, 15) is 4.39 Å². The maximum Gasteiger partial charge on any atom is 0.250 e. The van der Waals surface area contributed by atoms with Gasteiger partial charge in [0.25, 0.3) is 0 Å². The number of aliphatic imine (C=N–C) groups is 1. The third-order valence-corrected chi connectivity index (χ3v) is 3.77. The lowest BCUT2D eigenvalue weighted by atomic mass is 10.3. The fourth-order valence-electron chi connectivity index (χ4n) is 2.47. The Balaban J connectivity index is 0.00000243. The van der Waals surface area contributed by atoms with Gasteiger partial charge in [-0.15, -0.1) is 24.0 Å². The molecule has 3 rings (SSSR count). The number of nitrogens with two attached hydrogens (primary N) is 1. The molecule has 0 unspecified atom stereocenters. The van der Waals surface area contributed by atoms with E-state index in [4.69, 9.17) is 10.5 Å². The highest BCUT2D eigenvalue weighted by atomic mass is 127. The fourth-order valence-corrected chi connectivity index (χ4v) is 2.47. The van der Waals surface area contributed by atoms with Crippen LogP contribution in [0.1, 0.15) is 0 Å². The molecule has 26 heavy (non-hydrogen) atoms. The Bertz CT molecular complexity index is 711. The zero-order chi connectivity index (χ0) is 17.5. The Labute approximate surface area is 168 Å². The van der Waals surface area contributed by atoms with Gasteiger partial charge < -0.3 is 20.3 Å². The van der Waals surface area contributed by atoms with Crippen molar-refractivity contribution < 1.29 is 9.13 Å². The topological polar surface area (TPSA) is 92.8 Å². The van der Waals surface area contributed by atoms with Crippen LogP contribution in [0.3, 0.4) is 0 Å². The predicted octanol–water partition coefficient (Wildman–Crippen LogP) is 1.14. The van der Waals surface area contributed by atoms with Crippen LogP contribution in [-0.4, -0.2) is 65.1 Å². The van der Waals surface area contributed by atoms with E-state index in [1.165, 1.54) is 18.3 Å². The summed E-state index contributed by atoms with van der Waals surface area (Å²) in [5, 5.41) is 0. The van der Waals surface area contributed by atoms with Gasteiger partial charge in [0.15, 0.2) is 11.8 Å². The standard InChI is InChI=1S/C16H20FN7O.HI/c17-13-3-1-4-19-14(13)25-12-7-20-15(18)23-8-10-24(11-9-23)16-21-5-2-6-22-16;/h1-6H,7-12H2,(H2,18,20);1H. The van der Waals surface area contributed by atoms with Crippen LogP contribution in [0, 0.1) is 5.82 Å². The van der Waals surface area contributed by atoms with Crippen molar-refractivity contribution in [2.75, 3.05) is 44.2 Å². The van der Waals surface area contributed by atoms with Gasteiger partial charge in [-0.25, -0.2) is 24.3 Å². The highest BCUT2D eigenvalue weighted by Crippen LogP contribution is 2.11. The first kappa shape index (κ1) is 20.1. The number of halogens is 2. The lowest BCUT2D eigenvalue weighted by molar-refractivity contribution is 0.296. The van der Waals surface area contributed by atoms with Crippen molar-refractivity contribution in [3.8, 4) is 5.88 Å². The van der Waals surface area contributed by atoms with Gasteiger partial charge in [0.05, 0.1) is 6.54 Å². The number of piperazine rings is 1. The van der Waals surface area contributed by atoms with E-state index < -0.39 is 5.82 Å². The molecule has 1 saturated heterocycles. The minimum Gasteiger partial charge on any atom is -0.474 e. The Morgan fingerprint density at radius 2 is 1.81 bits per heavy atom. The second-order valence-corrected chi connectivity index (χ2v) is 5.40. The van der Waals surface area contributed by atoms with E-state index in [1.54, 1.807) is 18.5 Å². The fraction of sp³-hybridized carbons (Fsp3) is 0.375. The molecule has 1 aliphatic heterocycles. The molecular formula is C16H21FIN7O. The molecule has 2 N–H and O–H groups in total. The molecule has 140 valence electrons. The van der Waals surface area contributed by atoms with Crippen molar-refractivity contribution in [1.29, 1.82) is 0 Å². The quantitative estimate of drug-likeness (QED) is 0.302. The van der Waals surface area contributed by atoms with Crippen molar-refractivity contribution in [2.24, 2.45) is 10.7 Å². The maximum absolute atomic E-state index is 13.4. The number of hydrogen-bond donors (Lipinski definition) is 1. The van der Waals surface area contributed by atoms with Crippen LogP contribution < -0.4 is 15.4 Å². The second kappa shape index (κ2) is 10.0. The van der Waals surface area contributed by atoms with Crippen molar-refractivity contribution in [3.63, 3.8) is 0 Å². The lowest BCUT2D eigenvalue weighted by Gasteiger charge is -2.35. The molecule has 3 heterocycles. The van der Waals surface area contributed by atoms with E-state index in [0.717, 1.165) is 32.1 Å². The molecule has 1 fully saturated rings. The molecule has 0 amide bonds. The first-order valence-corrected chi connectivity index (χ1v) is 8.04. The number of pyridine rings is 1. The number of anilines is 1. The minimum absolute atomic E-state index is 0. The first-order chi connectivity index (χ1) is 12.2. The highest BCUT2D eigenvalue weighted by Gasteiger charge is 2.19. The third-order valence-electron chi connectivity index (χ3n) is 3.77. The van der Waals surface area contributed by atoms with E-state index in [0.29, 0.717) is 12.5 Å². The molecule has 8 nitrogen and oxygen atoms in total. The maximum atomic E-state index is 13.4. The molecule has 0 saturated carbocycles. The molecule has 1 aliphatic rings. The van der Waals surface area contributed by atoms with E-state index in [2.05, 4.69) is 24.8 Å². The number of ether oxygens (including phenoxy) is 1. The van der Waals surface area contributed by atoms with Gasteiger partial charge in [0.2, 0.25) is 11.8 Å². The summed E-state index contributed by atoms with van der Waals surface area (Å²) < 4.78 is 18.6. The Hall–Kier alpha value is -2.24. The van der Waals surface area contributed by atoms with E-state index in [-0.39, 0.29) is 36.5 Å². The monoisotopic (exact) mass is 473 g/mol. The molecule has 0 bridgehead atoms. The van der Waals surface area contributed by atoms with Crippen LogP contribution in [0.2, 0.25) is 0 Å². The number of hydrogen-bond acceptors (Lipinski definition) is 6. The van der Waals surface area contributed by atoms with Crippen LogP contribution in [0.5, 0.6) is 5.88 Å². The highest BCUT2D eigenvalue weighted by molar-refractivity contribution is 14.0. The van der Waals surface area contributed by atoms with Crippen molar-refractivity contribution in [3.05, 3.63) is 42.6 Å². The summed E-state index contributed by atoms with van der Waals surface area (Å²) in [6.45, 7) is 3.58. The van der Waals surface area contributed by atoms with E-state index in [1.807, 2.05) is 4.90 Å². The van der Waals surface area contributed by atoms with Crippen molar-refractivity contribution >= 4 is 35.9 Å². The van der Waals surface area contributed by atoms with Crippen LogP contribution >= 0.6 is 24.0 Å². The third kappa shape index (κ3) is 5.38. The summed E-state index contributed by atoms with van der Waals surface area (Å²) in [7, 11) is 0. The van der Waals surface area contributed by atoms with Gasteiger partial charge in [-0.2, -0.15) is 0 Å². The Morgan fingerprint density at radius 3 is 2.50 bits per heavy atom. The molecule has 2 aromatic rings. The normalized spacial score (nSPS) is 14.7. The van der Waals surface area contributed by atoms with Crippen LogP contribution in [0.4, 0.5) is 10.3 Å².